The lowest BCUT2D eigenvalue weighted by Crippen LogP contribution is -2.10. The van der Waals surface area contributed by atoms with E-state index in [0.29, 0.717) is 12.2 Å². The van der Waals surface area contributed by atoms with E-state index < -0.39 is 16.9 Å². The van der Waals surface area contributed by atoms with Gasteiger partial charge in [-0.2, -0.15) is 0 Å². The van der Waals surface area contributed by atoms with E-state index in [9.17, 15) is 19.7 Å². The van der Waals surface area contributed by atoms with E-state index in [1.807, 2.05) is 0 Å². The van der Waals surface area contributed by atoms with Gasteiger partial charge < -0.3 is 14.3 Å². The van der Waals surface area contributed by atoms with Gasteiger partial charge in [0.05, 0.1) is 23.3 Å². The second-order valence-corrected chi connectivity index (χ2v) is 5.15. The van der Waals surface area contributed by atoms with Crippen LogP contribution in [0.2, 0.25) is 0 Å². The number of hydrogen-bond acceptors (Lipinski definition) is 8. The molecule has 0 bridgehead atoms. The minimum absolute atomic E-state index is 0.0344. The summed E-state index contributed by atoms with van der Waals surface area (Å²) in [7, 11) is 0. The number of non-ortho nitro benzene ring substituents is 1. The lowest BCUT2D eigenvalue weighted by molar-refractivity contribution is -0.384. The predicted octanol–water partition coefficient (Wildman–Crippen LogP) is 3.11. The highest BCUT2D eigenvalue weighted by Gasteiger charge is 2.16. The Labute approximate surface area is 154 Å². The highest BCUT2D eigenvalue weighted by Crippen LogP contribution is 2.29. The third-order valence-electron chi connectivity index (χ3n) is 3.15. The Kier molecular flexibility index (Phi) is 6.59. The van der Waals surface area contributed by atoms with Crippen LogP contribution in [0, 0.1) is 10.1 Å². The van der Waals surface area contributed by atoms with E-state index in [0.717, 1.165) is 6.07 Å². The fourth-order valence-electron chi connectivity index (χ4n) is 2.02. The highest BCUT2D eigenvalue weighted by molar-refractivity contribution is 5.92. The molecule has 0 saturated heterocycles. The first-order valence-electron chi connectivity index (χ1n) is 7.85. The number of nitro groups is 1. The lowest BCUT2D eigenvalue weighted by atomic mass is 10.2. The van der Waals surface area contributed by atoms with Gasteiger partial charge in [0.2, 0.25) is 0 Å². The molecule has 0 aliphatic carbocycles. The van der Waals surface area contributed by atoms with Crippen LogP contribution in [0.15, 0.2) is 47.6 Å². The zero-order valence-electron chi connectivity index (χ0n) is 14.6. The molecule has 0 saturated carbocycles. The summed E-state index contributed by atoms with van der Waals surface area (Å²) in [6, 6.07) is 9.82. The number of nitrogens with zero attached hydrogens (tertiary/aromatic N) is 2. The minimum Gasteiger partial charge on any atom is -0.490 e. The van der Waals surface area contributed by atoms with Crippen molar-refractivity contribution in [2.24, 2.45) is 5.16 Å². The monoisotopic (exact) mass is 372 g/mol. The maximum absolute atomic E-state index is 12.3. The lowest BCUT2D eigenvalue weighted by Gasteiger charge is -2.11. The minimum atomic E-state index is -0.763. The van der Waals surface area contributed by atoms with E-state index in [-0.39, 0.29) is 22.7 Å². The van der Waals surface area contributed by atoms with Crippen LogP contribution in [0.1, 0.15) is 29.8 Å². The second-order valence-electron chi connectivity index (χ2n) is 5.15. The van der Waals surface area contributed by atoms with Crippen molar-refractivity contribution in [1.29, 1.82) is 0 Å². The summed E-state index contributed by atoms with van der Waals surface area (Å²) in [5, 5.41) is 14.3. The molecule has 0 aliphatic heterocycles. The van der Waals surface area contributed by atoms with Crippen molar-refractivity contribution in [2.75, 3.05) is 6.61 Å². The molecule has 0 spiro atoms. The molecule has 2 rings (SSSR count). The molecule has 0 N–H and O–H groups in total. The van der Waals surface area contributed by atoms with Gasteiger partial charge in [0, 0.05) is 24.6 Å². The SMILES string of the molecule is CCOc1cc(/C=N\OC(C)=O)ccc1OC(=O)c1cccc([N+](=O)[O-])c1. The third-order valence-corrected chi connectivity index (χ3v) is 3.15. The molecule has 0 aromatic heterocycles. The largest absolute Gasteiger partial charge is 0.490 e. The Bertz CT molecular complexity index is 893. The molecular formula is C18H16N2O7. The van der Waals surface area contributed by atoms with Crippen molar-refractivity contribution in [1.82, 2.24) is 0 Å². The Morgan fingerprint density at radius 3 is 2.63 bits per heavy atom. The number of oxime groups is 1. The molecule has 2 aromatic rings. The topological polar surface area (TPSA) is 117 Å². The van der Waals surface area contributed by atoms with Crippen LogP contribution in [0.4, 0.5) is 5.69 Å². The van der Waals surface area contributed by atoms with Crippen LogP contribution in [-0.2, 0) is 9.63 Å². The number of benzene rings is 2. The number of hydrogen-bond donors (Lipinski definition) is 0. The number of carbonyl (C=O) groups is 2. The quantitative estimate of drug-likeness (QED) is 0.183. The normalized spacial score (nSPS) is 10.4. The van der Waals surface area contributed by atoms with Gasteiger partial charge in [-0.25, -0.2) is 9.59 Å². The maximum Gasteiger partial charge on any atom is 0.343 e. The fraction of sp³-hybridized carbons (Fsp3) is 0.167. The summed E-state index contributed by atoms with van der Waals surface area (Å²) >= 11 is 0. The predicted molar refractivity (Wildman–Crippen MR) is 95.0 cm³/mol. The molecule has 0 atom stereocenters. The summed E-state index contributed by atoms with van der Waals surface area (Å²) in [5.41, 5.74) is 0.369. The highest BCUT2D eigenvalue weighted by atomic mass is 16.7. The maximum atomic E-state index is 12.3. The Morgan fingerprint density at radius 1 is 1.19 bits per heavy atom. The number of rotatable bonds is 7. The van der Waals surface area contributed by atoms with Gasteiger partial charge in [-0.3, -0.25) is 10.1 Å². The first-order valence-corrected chi connectivity index (χ1v) is 7.85. The summed E-state index contributed by atoms with van der Waals surface area (Å²) in [4.78, 5) is 37.7. The van der Waals surface area contributed by atoms with Crippen molar-refractivity contribution >= 4 is 23.8 Å². The van der Waals surface area contributed by atoms with Crippen LogP contribution in [-0.4, -0.2) is 29.7 Å². The molecule has 0 unspecified atom stereocenters. The molecule has 0 fully saturated rings. The Hall–Kier alpha value is -3.75. The summed E-state index contributed by atoms with van der Waals surface area (Å²) in [6.07, 6.45) is 1.30. The zero-order chi connectivity index (χ0) is 19.8. The standard InChI is InChI=1S/C18H16N2O7/c1-3-25-17-9-13(11-19-27-12(2)21)7-8-16(17)26-18(22)14-5-4-6-15(10-14)20(23)24/h4-11H,3H2,1-2H3/b19-11-. The van der Waals surface area contributed by atoms with Gasteiger partial charge in [-0.05, 0) is 31.2 Å². The van der Waals surface area contributed by atoms with Crippen LogP contribution in [0.3, 0.4) is 0 Å². The van der Waals surface area contributed by atoms with Crippen molar-refractivity contribution in [3.8, 4) is 11.5 Å². The third kappa shape index (κ3) is 5.63. The molecule has 9 nitrogen and oxygen atoms in total. The van der Waals surface area contributed by atoms with Crippen molar-refractivity contribution in [2.45, 2.75) is 13.8 Å². The molecule has 2 aromatic carbocycles. The molecule has 9 heteroatoms. The van der Waals surface area contributed by atoms with E-state index in [1.165, 1.54) is 37.4 Å². The molecular weight excluding hydrogens is 356 g/mol. The van der Waals surface area contributed by atoms with E-state index in [1.54, 1.807) is 19.1 Å². The average molecular weight is 372 g/mol. The summed E-state index contributed by atoms with van der Waals surface area (Å²) in [6.45, 7) is 3.29. The van der Waals surface area contributed by atoms with Gasteiger partial charge in [-0.1, -0.05) is 11.2 Å². The number of nitro benzene ring substituents is 1. The molecule has 0 amide bonds. The fourth-order valence-corrected chi connectivity index (χ4v) is 2.02. The van der Waals surface area contributed by atoms with Gasteiger partial charge >= 0.3 is 11.9 Å². The van der Waals surface area contributed by atoms with Gasteiger partial charge in [0.15, 0.2) is 11.5 Å². The molecule has 27 heavy (non-hydrogen) atoms. The smallest absolute Gasteiger partial charge is 0.343 e. The van der Waals surface area contributed by atoms with Gasteiger partial charge in [0.25, 0.3) is 5.69 Å². The average Bonchev–Trinajstić information content (AvgIpc) is 2.63. The van der Waals surface area contributed by atoms with Gasteiger partial charge in [0.1, 0.15) is 0 Å². The number of carbonyl (C=O) groups excluding carboxylic acids is 2. The summed E-state index contributed by atoms with van der Waals surface area (Å²) in [5.74, 6) is -0.916. The number of esters is 1. The van der Waals surface area contributed by atoms with E-state index >= 15 is 0 Å². The van der Waals surface area contributed by atoms with Crippen molar-refractivity contribution in [3.63, 3.8) is 0 Å². The number of ether oxygens (including phenoxy) is 2. The Morgan fingerprint density at radius 2 is 1.96 bits per heavy atom. The van der Waals surface area contributed by atoms with Crippen LogP contribution >= 0.6 is 0 Å². The van der Waals surface area contributed by atoms with Crippen molar-refractivity contribution in [3.05, 3.63) is 63.7 Å². The molecule has 140 valence electrons. The second kappa shape index (κ2) is 9.09. The van der Waals surface area contributed by atoms with Crippen molar-refractivity contribution < 1.29 is 28.8 Å². The van der Waals surface area contributed by atoms with E-state index in [2.05, 4.69) is 9.99 Å². The molecule has 0 radical (unpaired) electrons. The zero-order valence-corrected chi connectivity index (χ0v) is 14.6. The van der Waals surface area contributed by atoms with E-state index in [4.69, 9.17) is 9.47 Å². The van der Waals surface area contributed by atoms with Crippen LogP contribution < -0.4 is 9.47 Å². The Balaban J connectivity index is 2.22. The molecule has 0 heterocycles. The first-order chi connectivity index (χ1) is 12.9. The van der Waals surface area contributed by atoms with Gasteiger partial charge in [-0.15, -0.1) is 0 Å². The van der Waals surface area contributed by atoms with Crippen LogP contribution in [0.5, 0.6) is 11.5 Å². The van der Waals surface area contributed by atoms with Crippen LogP contribution in [0.25, 0.3) is 0 Å². The first kappa shape index (κ1) is 19.6. The summed E-state index contributed by atoms with van der Waals surface area (Å²) < 4.78 is 10.7. The molecule has 0 aliphatic rings.